The third-order valence-corrected chi connectivity index (χ3v) is 6.92. The van der Waals surface area contributed by atoms with Gasteiger partial charge >= 0.3 is 18.2 Å². The Morgan fingerprint density at radius 2 is 1.98 bits per heavy atom. The van der Waals surface area contributed by atoms with Gasteiger partial charge in [0.25, 0.3) is 11.5 Å². The summed E-state index contributed by atoms with van der Waals surface area (Å²) in [5.41, 5.74) is -1.43. The number of carbonyl (C=O) groups excluding carboxylic acids is 3. The van der Waals surface area contributed by atoms with E-state index in [4.69, 9.17) is 0 Å². The van der Waals surface area contributed by atoms with Crippen molar-refractivity contribution in [3.63, 3.8) is 0 Å². The van der Waals surface area contributed by atoms with Gasteiger partial charge in [-0.3, -0.25) is 19.2 Å². The van der Waals surface area contributed by atoms with Crippen molar-refractivity contribution in [1.82, 2.24) is 29.8 Å². The van der Waals surface area contributed by atoms with Crippen molar-refractivity contribution < 1.29 is 41.1 Å². The van der Waals surface area contributed by atoms with E-state index in [-0.39, 0.29) is 37.7 Å². The van der Waals surface area contributed by atoms with Gasteiger partial charge in [0, 0.05) is 32.4 Å². The van der Waals surface area contributed by atoms with Gasteiger partial charge in [-0.25, -0.2) is 9.07 Å². The molecule has 0 saturated carbocycles. The smallest absolute Gasteiger partial charge is 0.406 e. The number of carbonyl (C=O) groups is 3. The first-order valence-corrected chi connectivity index (χ1v) is 14.0. The average Bonchev–Trinajstić information content (AvgIpc) is 3.45. The molecule has 1 aromatic carbocycles. The van der Waals surface area contributed by atoms with Crippen LogP contribution in [-0.4, -0.2) is 67.8 Å². The summed E-state index contributed by atoms with van der Waals surface area (Å²) in [6, 6.07) is 6.13. The minimum absolute atomic E-state index is 0.145. The van der Waals surface area contributed by atoms with E-state index in [1.54, 1.807) is 0 Å². The zero-order valence-corrected chi connectivity index (χ0v) is 24.0. The number of hydrogen-bond donors (Lipinski definition) is 2. The molecular formula is C28H30F5N7O5. The summed E-state index contributed by atoms with van der Waals surface area (Å²) >= 11 is 0. The zero-order valence-electron chi connectivity index (χ0n) is 24.0. The van der Waals surface area contributed by atoms with Crippen LogP contribution >= 0.6 is 0 Å². The second-order valence-corrected chi connectivity index (χ2v) is 10.6. The van der Waals surface area contributed by atoms with Crippen LogP contribution in [0.3, 0.4) is 0 Å². The molecule has 3 heterocycles. The van der Waals surface area contributed by atoms with E-state index in [1.807, 2.05) is 6.92 Å². The maximum absolute atomic E-state index is 14.7. The molecule has 3 aromatic rings. The number of pyridine rings is 1. The van der Waals surface area contributed by atoms with Crippen molar-refractivity contribution in [2.75, 3.05) is 18.4 Å². The van der Waals surface area contributed by atoms with Gasteiger partial charge in [-0.05, 0) is 48.9 Å². The van der Waals surface area contributed by atoms with Crippen molar-refractivity contribution in [2.45, 2.75) is 58.4 Å². The van der Waals surface area contributed by atoms with Gasteiger partial charge in [-0.1, -0.05) is 24.3 Å². The largest absolute Gasteiger partial charge is 0.573 e. The Morgan fingerprint density at radius 1 is 1.20 bits per heavy atom. The molecule has 1 aliphatic rings. The molecule has 0 aliphatic carbocycles. The minimum Gasteiger partial charge on any atom is -0.406 e. The van der Waals surface area contributed by atoms with Gasteiger partial charge in [0.2, 0.25) is 5.82 Å². The molecule has 2 unspecified atom stereocenters. The topological polar surface area (TPSA) is 140 Å². The molecule has 4 rings (SSSR count). The fraction of sp³-hybridized carbons (Fsp3) is 0.429. The van der Waals surface area contributed by atoms with Gasteiger partial charge < -0.3 is 24.8 Å². The van der Waals surface area contributed by atoms with Crippen LogP contribution in [0.4, 0.5) is 27.6 Å². The molecule has 3 amide bonds. The Labute approximate surface area is 253 Å². The maximum atomic E-state index is 14.7. The van der Waals surface area contributed by atoms with Gasteiger partial charge in [0.05, 0.1) is 18.4 Å². The third-order valence-electron chi connectivity index (χ3n) is 6.92. The highest BCUT2D eigenvalue weighted by Crippen LogP contribution is 2.23. The average molecular weight is 640 g/mol. The fourth-order valence-corrected chi connectivity index (χ4v) is 4.70. The fourth-order valence-electron chi connectivity index (χ4n) is 4.70. The Bertz CT molecular complexity index is 1590. The van der Waals surface area contributed by atoms with Crippen LogP contribution in [0.5, 0.6) is 5.75 Å². The first kappa shape index (κ1) is 33.1. The number of benzene rings is 1. The molecule has 1 aliphatic heterocycles. The molecule has 0 spiro atoms. The third kappa shape index (κ3) is 9.33. The van der Waals surface area contributed by atoms with Crippen molar-refractivity contribution in [3.8, 4) is 5.75 Å². The van der Waals surface area contributed by atoms with Crippen LogP contribution in [0, 0.1) is 11.7 Å². The highest BCUT2D eigenvalue weighted by atomic mass is 19.4. The molecule has 17 heteroatoms. The summed E-state index contributed by atoms with van der Waals surface area (Å²) in [7, 11) is 0. The molecule has 1 saturated heterocycles. The first-order chi connectivity index (χ1) is 21.3. The predicted molar refractivity (Wildman–Crippen MR) is 148 cm³/mol. The standard InChI is InChI=1S/C28H30F5N7O5/c1-17-4-3-9-39(14-17)27(44)25(42)35-21-8-11-38(26(43)23(21)30)10-7-19(29)15-40-16-22(36-37-40)24(41)34-13-18-5-2-6-20(12-18)45-28(31,32)33/h2,5-6,8,11-12,16-17,19H,3-4,7,9-10,13-15H2,1H3,(H,34,41)(H,35,42). The lowest BCUT2D eigenvalue weighted by atomic mass is 10.0. The van der Waals surface area contributed by atoms with E-state index in [0.29, 0.717) is 18.7 Å². The normalized spacial score (nSPS) is 15.8. The SMILES string of the molecule is CC1CCCN(C(=O)C(=O)Nc2ccn(CCC(F)Cn3cc(C(=O)NCc4cccc(OC(F)(F)F)c4)nn3)c(=O)c2F)C1. The van der Waals surface area contributed by atoms with Crippen LogP contribution in [0.2, 0.25) is 0 Å². The lowest BCUT2D eigenvalue weighted by Crippen LogP contribution is -2.45. The quantitative estimate of drug-likeness (QED) is 0.257. The lowest BCUT2D eigenvalue weighted by Gasteiger charge is -2.30. The van der Waals surface area contributed by atoms with E-state index in [9.17, 15) is 41.1 Å². The summed E-state index contributed by atoms with van der Waals surface area (Å²) in [6.07, 6.45) is -2.67. The number of amides is 3. The number of ether oxygens (including phenoxy) is 1. The Hall–Kier alpha value is -4.83. The second kappa shape index (κ2) is 14.3. The van der Waals surface area contributed by atoms with Crippen molar-refractivity contribution >= 4 is 23.4 Å². The molecular weight excluding hydrogens is 609 g/mol. The number of aromatic nitrogens is 4. The second-order valence-electron chi connectivity index (χ2n) is 10.6. The zero-order chi connectivity index (χ0) is 32.7. The van der Waals surface area contributed by atoms with Crippen molar-refractivity contribution in [1.29, 1.82) is 0 Å². The molecule has 12 nitrogen and oxygen atoms in total. The summed E-state index contributed by atoms with van der Waals surface area (Å²) < 4.78 is 72.5. The van der Waals surface area contributed by atoms with E-state index in [1.165, 1.54) is 29.4 Å². The number of aryl methyl sites for hydroxylation is 1. The molecule has 2 aromatic heterocycles. The van der Waals surface area contributed by atoms with Gasteiger partial charge in [0.1, 0.15) is 11.9 Å². The molecule has 0 radical (unpaired) electrons. The molecule has 45 heavy (non-hydrogen) atoms. The number of hydrogen-bond acceptors (Lipinski definition) is 7. The van der Waals surface area contributed by atoms with Gasteiger partial charge in [-0.2, -0.15) is 4.39 Å². The van der Waals surface area contributed by atoms with Crippen LogP contribution in [0.25, 0.3) is 0 Å². The maximum Gasteiger partial charge on any atom is 0.573 e. The summed E-state index contributed by atoms with van der Waals surface area (Å²) in [4.78, 5) is 51.0. The molecule has 0 bridgehead atoms. The number of rotatable bonds is 10. The lowest BCUT2D eigenvalue weighted by molar-refractivity contribution is -0.274. The van der Waals surface area contributed by atoms with E-state index >= 15 is 0 Å². The number of alkyl halides is 4. The van der Waals surface area contributed by atoms with Crippen molar-refractivity contribution in [3.05, 3.63) is 70.2 Å². The molecule has 2 N–H and O–H groups in total. The van der Waals surface area contributed by atoms with Gasteiger partial charge in [0.15, 0.2) is 5.69 Å². The Morgan fingerprint density at radius 3 is 2.71 bits per heavy atom. The number of nitrogens with zero attached hydrogens (tertiary/aromatic N) is 5. The van der Waals surface area contributed by atoms with Crippen LogP contribution < -0.4 is 20.9 Å². The monoisotopic (exact) mass is 639 g/mol. The first-order valence-electron chi connectivity index (χ1n) is 14.0. The number of nitrogens with one attached hydrogen (secondary N) is 2. The number of anilines is 1. The van der Waals surface area contributed by atoms with Crippen LogP contribution in [-0.2, 0) is 29.2 Å². The van der Waals surface area contributed by atoms with Crippen LogP contribution in [0.1, 0.15) is 42.2 Å². The molecule has 242 valence electrons. The molecule has 1 fully saturated rings. The summed E-state index contributed by atoms with van der Waals surface area (Å²) in [6.45, 7) is 2.06. The Kier molecular flexibility index (Phi) is 10.5. The number of piperidine rings is 1. The Balaban J connectivity index is 1.25. The minimum atomic E-state index is -4.86. The summed E-state index contributed by atoms with van der Waals surface area (Å²) in [5, 5.41) is 12.0. The van der Waals surface area contributed by atoms with Crippen LogP contribution in [0.15, 0.2) is 47.5 Å². The highest BCUT2D eigenvalue weighted by Gasteiger charge is 2.31. The summed E-state index contributed by atoms with van der Waals surface area (Å²) in [5.74, 6) is -4.10. The van der Waals surface area contributed by atoms with E-state index in [0.717, 1.165) is 40.3 Å². The van der Waals surface area contributed by atoms with Crippen molar-refractivity contribution in [2.24, 2.45) is 5.92 Å². The molecule has 2 atom stereocenters. The number of halogens is 5. The number of likely N-dealkylation sites (tertiary alicyclic amines) is 1. The van der Waals surface area contributed by atoms with Gasteiger partial charge in [-0.15, -0.1) is 18.3 Å². The predicted octanol–water partition coefficient (Wildman–Crippen LogP) is 3.03. The van der Waals surface area contributed by atoms with E-state index in [2.05, 4.69) is 25.7 Å². The highest BCUT2D eigenvalue weighted by molar-refractivity contribution is 6.39. The van der Waals surface area contributed by atoms with E-state index < -0.39 is 53.1 Å².